The van der Waals surface area contributed by atoms with Crippen molar-refractivity contribution >= 4 is 23.6 Å². The Morgan fingerprint density at radius 2 is 1.54 bits per heavy atom. The van der Waals surface area contributed by atoms with Crippen molar-refractivity contribution in [1.29, 1.82) is 0 Å². The van der Waals surface area contributed by atoms with Crippen LogP contribution in [0.1, 0.15) is 22.0 Å². The summed E-state index contributed by atoms with van der Waals surface area (Å²) in [4.78, 5) is 43.4. The van der Waals surface area contributed by atoms with E-state index in [4.69, 9.17) is 0 Å². The van der Waals surface area contributed by atoms with Gasteiger partial charge in [0.15, 0.2) is 0 Å². The van der Waals surface area contributed by atoms with Crippen LogP contribution in [0.15, 0.2) is 48.5 Å². The van der Waals surface area contributed by atoms with Crippen molar-refractivity contribution in [3.8, 4) is 0 Å². The lowest BCUT2D eigenvalue weighted by atomic mass is 10.1. The lowest BCUT2D eigenvalue weighted by molar-refractivity contribution is -0.394. The molecular formula is C15H11N3O6. The summed E-state index contributed by atoms with van der Waals surface area (Å²) < 4.78 is 0. The summed E-state index contributed by atoms with van der Waals surface area (Å²) in [5, 5.41) is 24.1. The molecule has 0 radical (unpaired) electrons. The summed E-state index contributed by atoms with van der Waals surface area (Å²) in [5.41, 5.74) is -0.937. The standard InChI is InChI=1S/C15H11N3O6/c19-9-14(10-4-2-1-3-5-10)16-15(20)11-6-12(17(21)22)8-13(7-11)18(23)24/h1-9,14H,(H,16,20)/t14-/m1/s1. The van der Waals surface area contributed by atoms with E-state index in [0.717, 1.165) is 18.2 Å². The lowest BCUT2D eigenvalue weighted by Crippen LogP contribution is -2.29. The van der Waals surface area contributed by atoms with Crippen LogP contribution in [0.4, 0.5) is 11.4 Å². The van der Waals surface area contributed by atoms with Crippen molar-refractivity contribution in [2.75, 3.05) is 0 Å². The van der Waals surface area contributed by atoms with E-state index in [9.17, 15) is 29.8 Å². The van der Waals surface area contributed by atoms with Crippen molar-refractivity contribution in [3.05, 3.63) is 79.9 Å². The topological polar surface area (TPSA) is 132 Å². The van der Waals surface area contributed by atoms with Crippen LogP contribution in [-0.2, 0) is 4.79 Å². The van der Waals surface area contributed by atoms with E-state index in [1.54, 1.807) is 30.3 Å². The number of hydrogen-bond acceptors (Lipinski definition) is 6. The van der Waals surface area contributed by atoms with Crippen LogP contribution in [0.5, 0.6) is 0 Å². The minimum absolute atomic E-state index is 0.279. The second kappa shape index (κ2) is 7.09. The third kappa shape index (κ3) is 3.77. The van der Waals surface area contributed by atoms with E-state index in [1.165, 1.54) is 0 Å². The molecular weight excluding hydrogens is 318 g/mol. The van der Waals surface area contributed by atoms with E-state index < -0.39 is 33.2 Å². The van der Waals surface area contributed by atoms with Gasteiger partial charge in [0.25, 0.3) is 17.3 Å². The van der Waals surface area contributed by atoms with Gasteiger partial charge in [-0.25, -0.2) is 0 Å². The number of benzene rings is 2. The highest BCUT2D eigenvalue weighted by Gasteiger charge is 2.21. The van der Waals surface area contributed by atoms with E-state index in [0.29, 0.717) is 11.8 Å². The second-order valence-corrected chi connectivity index (χ2v) is 4.75. The molecule has 0 aliphatic rings. The number of rotatable bonds is 6. The largest absolute Gasteiger partial charge is 0.338 e. The number of nitrogens with one attached hydrogen (secondary N) is 1. The highest BCUT2D eigenvalue weighted by molar-refractivity contribution is 5.97. The van der Waals surface area contributed by atoms with Crippen LogP contribution in [0, 0.1) is 20.2 Å². The molecule has 0 fully saturated rings. The SMILES string of the molecule is O=C[C@@H](NC(=O)c1cc([N+](=O)[O-])cc([N+](=O)[O-])c1)c1ccccc1. The maximum atomic E-state index is 12.2. The molecule has 1 atom stereocenters. The summed E-state index contributed by atoms with van der Waals surface area (Å²) in [6, 6.07) is 9.93. The number of aldehydes is 1. The molecule has 0 aliphatic heterocycles. The fourth-order valence-electron chi connectivity index (χ4n) is 2.02. The molecule has 0 bridgehead atoms. The Morgan fingerprint density at radius 3 is 2.00 bits per heavy atom. The highest BCUT2D eigenvalue weighted by Crippen LogP contribution is 2.23. The molecule has 0 spiro atoms. The minimum atomic E-state index is -0.975. The van der Waals surface area contributed by atoms with Gasteiger partial charge in [0, 0.05) is 12.1 Å². The molecule has 0 heterocycles. The van der Waals surface area contributed by atoms with E-state index in [-0.39, 0.29) is 5.56 Å². The molecule has 9 heteroatoms. The Kier molecular flexibility index (Phi) is 4.95. The van der Waals surface area contributed by atoms with Gasteiger partial charge < -0.3 is 10.1 Å². The van der Waals surface area contributed by atoms with E-state index in [2.05, 4.69) is 5.32 Å². The summed E-state index contributed by atoms with van der Waals surface area (Å²) in [5.74, 6) is -0.831. The molecule has 1 N–H and O–H groups in total. The molecule has 2 rings (SSSR count). The van der Waals surface area contributed by atoms with Crippen molar-refractivity contribution in [1.82, 2.24) is 5.32 Å². The van der Waals surface area contributed by atoms with Crippen LogP contribution >= 0.6 is 0 Å². The Balaban J connectivity index is 2.33. The molecule has 0 aliphatic carbocycles. The number of amides is 1. The number of nitro benzene ring substituents is 2. The second-order valence-electron chi connectivity index (χ2n) is 4.75. The van der Waals surface area contributed by atoms with Crippen LogP contribution in [0.3, 0.4) is 0 Å². The normalized spacial score (nSPS) is 11.3. The number of nitro groups is 2. The highest BCUT2D eigenvalue weighted by atomic mass is 16.6. The van der Waals surface area contributed by atoms with Crippen molar-refractivity contribution in [3.63, 3.8) is 0 Å². The Bertz CT molecular complexity index is 774. The number of nitrogens with zero attached hydrogens (tertiary/aromatic N) is 2. The van der Waals surface area contributed by atoms with Crippen molar-refractivity contribution in [2.24, 2.45) is 0 Å². The van der Waals surface area contributed by atoms with Gasteiger partial charge in [0.05, 0.1) is 21.5 Å². The van der Waals surface area contributed by atoms with Gasteiger partial charge in [-0.05, 0) is 5.56 Å². The minimum Gasteiger partial charge on any atom is -0.338 e. The van der Waals surface area contributed by atoms with Gasteiger partial charge in [0.1, 0.15) is 12.3 Å². The fourth-order valence-corrected chi connectivity index (χ4v) is 2.02. The molecule has 2 aromatic carbocycles. The van der Waals surface area contributed by atoms with Crippen molar-refractivity contribution in [2.45, 2.75) is 6.04 Å². The molecule has 0 unspecified atom stereocenters. The summed E-state index contributed by atoms with van der Waals surface area (Å²) in [7, 11) is 0. The molecule has 24 heavy (non-hydrogen) atoms. The monoisotopic (exact) mass is 329 g/mol. The summed E-state index contributed by atoms with van der Waals surface area (Å²) in [6.45, 7) is 0. The third-order valence-electron chi connectivity index (χ3n) is 3.17. The predicted molar refractivity (Wildman–Crippen MR) is 82.5 cm³/mol. The lowest BCUT2D eigenvalue weighted by Gasteiger charge is -2.13. The molecule has 122 valence electrons. The zero-order valence-electron chi connectivity index (χ0n) is 12.1. The first-order chi connectivity index (χ1) is 11.4. The van der Waals surface area contributed by atoms with Crippen LogP contribution < -0.4 is 5.32 Å². The maximum absolute atomic E-state index is 12.2. The zero-order chi connectivity index (χ0) is 17.7. The Morgan fingerprint density at radius 1 is 1.00 bits per heavy atom. The molecule has 2 aromatic rings. The van der Waals surface area contributed by atoms with Crippen LogP contribution in [0.25, 0.3) is 0 Å². The number of hydrogen-bond donors (Lipinski definition) is 1. The van der Waals surface area contributed by atoms with Gasteiger partial charge in [-0.1, -0.05) is 30.3 Å². The molecule has 0 saturated heterocycles. The van der Waals surface area contributed by atoms with Gasteiger partial charge in [-0.2, -0.15) is 0 Å². The fraction of sp³-hybridized carbons (Fsp3) is 0.0667. The van der Waals surface area contributed by atoms with E-state index >= 15 is 0 Å². The Hall–Kier alpha value is -3.62. The zero-order valence-corrected chi connectivity index (χ0v) is 12.1. The molecule has 9 nitrogen and oxygen atoms in total. The molecule has 1 amide bonds. The van der Waals surface area contributed by atoms with Crippen LogP contribution in [-0.4, -0.2) is 22.0 Å². The van der Waals surface area contributed by atoms with Crippen molar-refractivity contribution < 1.29 is 19.4 Å². The first-order valence-corrected chi connectivity index (χ1v) is 6.67. The average molecular weight is 329 g/mol. The van der Waals surface area contributed by atoms with Crippen LogP contribution in [0.2, 0.25) is 0 Å². The quantitative estimate of drug-likeness (QED) is 0.490. The summed E-state index contributed by atoms with van der Waals surface area (Å²) >= 11 is 0. The summed E-state index contributed by atoms with van der Waals surface area (Å²) in [6.07, 6.45) is 0.499. The maximum Gasteiger partial charge on any atom is 0.277 e. The Labute approximate surface area is 135 Å². The van der Waals surface area contributed by atoms with E-state index in [1.807, 2.05) is 0 Å². The predicted octanol–water partition coefficient (Wildman–Crippen LogP) is 2.17. The molecule has 0 aromatic heterocycles. The first kappa shape index (κ1) is 16.7. The number of carbonyl (C=O) groups is 2. The van der Waals surface area contributed by atoms with Gasteiger partial charge >= 0.3 is 0 Å². The number of non-ortho nitro benzene ring substituents is 2. The van der Waals surface area contributed by atoms with Gasteiger partial charge in [0.2, 0.25) is 0 Å². The average Bonchev–Trinajstić information content (AvgIpc) is 2.59. The smallest absolute Gasteiger partial charge is 0.277 e. The third-order valence-corrected chi connectivity index (χ3v) is 3.17. The number of carbonyl (C=O) groups excluding carboxylic acids is 2. The molecule has 0 saturated carbocycles. The first-order valence-electron chi connectivity index (χ1n) is 6.67. The van der Waals surface area contributed by atoms with Gasteiger partial charge in [-0.3, -0.25) is 25.0 Å². The van der Waals surface area contributed by atoms with Gasteiger partial charge in [-0.15, -0.1) is 0 Å².